The molecule has 20 heavy (non-hydrogen) atoms. The van der Waals surface area contributed by atoms with Gasteiger partial charge in [0.15, 0.2) is 9.84 Å². The van der Waals surface area contributed by atoms with Crippen LogP contribution < -0.4 is 4.90 Å². The van der Waals surface area contributed by atoms with E-state index < -0.39 is 9.84 Å². The summed E-state index contributed by atoms with van der Waals surface area (Å²) in [6.07, 6.45) is 0.716. The lowest BCUT2D eigenvalue weighted by molar-refractivity contribution is -0.116. The first-order valence-corrected chi connectivity index (χ1v) is 8.39. The van der Waals surface area contributed by atoms with Crippen molar-refractivity contribution in [2.24, 2.45) is 5.41 Å². The summed E-state index contributed by atoms with van der Waals surface area (Å²) < 4.78 is 24.8. The molecule has 5 heteroatoms. The molecule has 0 saturated carbocycles. The van der Waals surface area contributed by atoms with Crippen LogP contribution in [0.5, 0.6) is 0 Å². The van der Waals surface area contributed by atoms with Gasteiger partial charge < -0.3 is 4.90 Å². The van der Waals surface area contributed by atoms with Crippen LogP contribution in [0.4, 0.5) is 5.69 Å². The number of rotatable bonds is 2. The van der Waals surface area contributed by atoms with E-state index in [4.69, 9.17) is 0 Å². The molecule has 110 valence electrons. The average molecular weight is 295 g/mol. The molecule has 2 rings (SSSR count). The van der Waals surface area contributed by atoms with E-state index in [1.165, 1.54) is 6.92 Å². The predicted molar refractivity (Wildman–Crippen MR) is 79.7 cm³/mol. The normalized spacial score (nSPS) is 15.3. The number of sulfone groups is 1. The molecule has 1 amide bonds. The zero-order chi connectivity index (χ0) is 15.1. The number of fused-ring (bicyclic) bond motifs is 1. The summed E-state index contributed by atoms with van der Waals surface area (Å²) in [5.74, 6) is 0.115. The van der Waals surface area contributed by atoms with Crippen LogP contribution in [0, 0.1) is 5.41 Å². The molecule has 0 atom stereocenters. The van der Waals surface area contributed by atoms with E-state index in [9.17, 15) is 13.2 Å². The average Bonchev–Trinajstić information content (AvgIpc) is 2.67. The van der Waals surface area contributed by atoms with Crippen molar-refractivity contribution in [3.63, 3.8) is 0 Å². The number of carbonyl (C=O) groups is 1. The second-order valence-corrected chi connectivity index (χ2v) is 8.52. The molecule has 4 nitrogen and oxygen atoms in total. The SMILES string of the molecule is CC(=O)N1CCc2cc(S(=O)(=O)CC(C)(C)C)ccc21. The second kappa shape index (κ2) is 4.88. The van der Waals surface area contributed by atoms with Gasteiger partial charge in [-0.15, -0.1) is 0 Å². The molecule has 1 aromatic carbocycles. The van der Waals surface area contributed by atoms with E-state index in [2.05, 4.69) is 0 Å². The van der Waals surface area contributed by atoms with Gasteiger partial charge in [-0.2, -0.15) is 0 Å². The van der Waals surface area contributed by atoms with Gasteiger partial charge in [-0.3, -0.25) is 4.79 Å². The van der Waals surface area contributed by atoms with Crippen LogP contribution in [0.2, 0.25) is 0 Å². The summed E-state index contributed by atoms with van der Waals surface area (Å²) in [7, 11) is -3.28. The Bertz CT molecular complexity index is 642. The number of carbonyl (C=O) groups excluding carboxylic acids is 1. The van der Waals surface area contributed by atoms with E-state index in [1.54, 1.807) is 23.1 Å². The maximum Gasteiger partial charge on any atom is 0.223 e. The number of nitrogens with zero attached hydrogens (tertiary/aromatic N) is 1. The summed E-state index contributed by atoms with van der Waals surface area (Å²) in [5.41, 5.74) is 1.51. The Morgan fingerprint density at radius 3 is 2.50 bits per heavy atom. The second-order valence-electron chi connectivity index (χ2n) is 6.53. The van der Waals surface area contributed by atoms with Crippen LogP contribution in [-0.2, 0) is 21.1 Å². The summed E-state index contributed by atoms with van der Waals surface area (Å²) in [6, 6.07) is 5.08. The number of benzene rings is 1. The van der Waals surface area contributed by atoms with Crippen molar-refractivity contribution in [3.8, 4) is 0 Å². The summed E-state index contributed by atoms with van der Waals surface area (Å²) in [5, 5.41) is 0. The van der Waals surface area contributed by atoms with Crippen molar-refractivity contribution in [2.45, 2.75) is 39.0 Å². The van der Waals surface area contributed by atoms with Crippen LogP contribution in [0.1, 0.15) is 33.3 Å². The Hall–Kier alpha value is -1.36. The van der Waals surface area contributed by atoms with Crippen molar-refractivity contribution >= 4 is 21.4 Å². The van der Waals surface area contributed by atoms with Crippen molar-refractivity contribution in [1.29, 1.82) is 0 Å². The van der Waals surface area contributed by atoms with E-state index in [1.807, 2.05) is 20.8 Å². The van der Waals surface area contributed by atoms with Crippen molar-refractivity contribution in [3.05, 3.63) is 23.8 Å². The standard InChI is InChI=1S/C15H21NO3S/c1-11(17)16-8-7-12-9-13(5-6-14(12)16)20(18,19)10-15(2,3)4/h5-6,9H,7-8,10H2,1-4H3. The first-order chi connectivity index (χ1) is 9.10. The molecule has 0 N–H and O–H groups in total. The van der Waals surface area contributed by atoms with Gasteiger partial charge in [0.25, 0.3) is 0 Å². The zero-order valence-electron chi connectivity index (χ0n) is 12.4. The smallest absolute Gasteiger partial charge is 0.223 e. The van der Waals surface area contributed by atoms with Gasteiger partial charge in [0.05, 0.1) is 10.6 Å². The zero-order valence-corrected chi connectivity index (χ0v) is 13.3. The number of amides is 1. The van der Waals surface area contributed by atoms with E-state index >= 15 is 0 Å². The number of hydrogen-bond acceptors (Lipinski definition) is 3. The van der Waals surface area contributed by atoms with Gasteiger partial charge in [-0.25, -0.2) is 8.42 Å². The number of anilines is 1. The summed E-state index contributed by atoms with van der Waals surface area (Å²) in [6.45, 7) is 7.90. The molecule has 0 radical (unpaired) electrons. The predicted octanol–water partition coefficient (Wildman–Crippen LogP) is 2.42. The molecule has 0 saturated heterocycles. The monoisotopic (exact) mass is 295 g/mol. The highest BCUT2D eigenvalue weighted by molar-refractivity contribution is 7.91. The topological polar surface area (TPSA) is 54.5 Å². The lowest BCUT2D eigenvalue weighted by Crippen LogP contribution is -2.25. The fraction of sp³-hybridized carbons (Fsp3) is 0.533. The minimum absolute atomic E-state index is 0.00551. The quantitative estimate of drug-likeness (QED) is 0.842. The van der Waals surface area contributed by atoms with Gasteiger partial charge in [0.2, 0.25) is 5.91 Å². The highest BCUT2D eigenvalue weighted by atomic mass is 32.2. The van der Waals surface area contributed by atoms with Crippen LogP contribution in [0.25, 0.3) is 0 Å². The Balaban J connectivity index is 2.36. The minimum Gasteiger partial charge on any atom is -0.312 e. The Morgan fingerprint density at radius 1 is 1.30 bits per heavy atom. The molecule has 0 unspecified atom stereocenters. The fourth-order valence-corrected chi connectivity index (χ4v) is 4.46. The Labute approximate surface area is 120 Å². The highest BCUT2D eigenvalue weighted by Gasteiger charge is 2.27. The molecule has 1 aromatic rings. The largest absolute Gasteiger partial charge is 0.312 e. The van der Waals surface area contributed by atoms with Crippen molar-refractivity contribution in [1.82, 2.24) is 0 Å². The lowest BCUT2D eigenvalue weighted by atomic mass is 10.0. The molecule has 1 aliphatic rings. The van der Waals surface area contributed by atoms with E-state index in [-0.39, 0.29) is 17.1 Å². The Kier molecular flexibility index (Phi) is 3.67. The third kappa shape index (κ3) is 3.03. The van der Waals surface area contributed by atoms with Crippen LogP contribution in [-0.4, -0.2) is 26.6 Å². The van der Waals surface area contributed by atoms with Crippen LogP contribution in [0.15, 0.2) is 23.1 Å². The minimum atomic E-state index is -3.28. The molecule has 1 aliphatic heterocycles. The molecule has 1 heterocycles. The third-order valence-electron chi connectivity index (χ3n) is 3.31. The molecule has 0 aromatic heterocycles. The molecular formula is C15H21NO3S. The van der Waals surface area contributed by atoms with Gasteiger partial charge in [-0.1, -0.05) is 20.8 Å². The van der Waals surface area contributed by atoms with Gasteiger partial charge in [-0.05, 0) is 35.6 Å². The number of hydrogen-bond donors (Lipinski definition) is 0. The van der Waals surface area contributed by atoms with Crippen LogP contribution >= 0.6 is 0 Å². The lowest BCUT2D eigenvalue weighted by Gasteiger charge is -2.19. The van der Waals surface area contributed by atoms with Gasteiger partial charge >= 0.3 is 0 Å². The molecule has 0 bridgehead atoms. The molecule has 0 aliphatic carbocycles. The van der Waals surface area contributed by atoms with E-state index in [0.717, 1.165) is 11.3 Å². The van der Waals surface area contributed by atoms with Crippen molar-refractivity contribution in [2.75, 3.05) is 17.2 Å². The van der Waals surface area contributed by atoms with Gasteiger partial charge in [0.1, 0.15) is 0 Å². The molecular weight excluding hydrogens is 274 g/mol. The molecule has 0 fully saturated rings. The summed E-state index contributed by atoms with van der Waals surface area (Å²) in [4.78, 5) is 13.5. The maximum absolute atomic E-state index is 12.4. The van der Waals surface area contributed by atoms with E-state index in [0.29, 0.717) is 17.9 Å². The summed E-state index contributed by atoms with van der Waals surface area (Å²) >= 11 is 0. The Morgan fingerprint density at radius 2 is 1.95 bits per heavy atom. The highest BCUT2D eigenvalue weighted by Crippen LogP contribution is 2.31. The van der Waals surface area contributed by atoms with Gasteiger partial charge in [0, 0.05) is 19.2 Å². The first-order valence-electron chi connectivity index (χ1n) is 6.74. The maximum atomic E-state index is 12.4. The fourth-order valence-electron chi connectivity index (χ4n) is 2.55. The van der Waals surface area contributed by atoms with Crippen LogP contribution in [0.3, 0.4) is 0 Å². The molecule has 0 spiro atoms. The third-order valence-corrected chi connectivity index (χ3v) is 5.53. The first kappa shape index (κ1) is 15.0. The van der Waals surface area contributed by atoms with Crippen molar-refractivity contribution < 1.29 is 13.2 Å².